The Labute approximate surface area is 102 Å². The maximum Gasteiger partial charge on any atom is 0.187 e. The Morgan fingerprint density at radius 1 is 1.35 bits per heavy atom. The SMILES string of the molecule is COC(OC)C(C)(O)C1NCc2ccccc21. The van der Waals surface area contributed by atoms with Crippen molar-refractivity contribution in [1.29, 1.82) is 0 Å². The Morgan fingerprint density at radius 3 is 2.65 bits per heavy atom. The Balaban J connectivity index is 2.30. The van der Waals surface area contributed by atoms with Gasteiger partial charge in [0.15, 0.2) is 6.29 Å². The average Bonchev–Trinajstić information content (AvgIpc) is 2.74. The van der Waals surface area contributed by atoms with Gasteiger partial charge in [0.05, 0.1) is 6.04 Å². The van der Waals surface area contributed by atoms with Gasteiger partial charge in [0.25, 0.3) is 0 Å². The first kappa shape index (κ1) is 12.5. The number of rotatable bonds is 4. The molecule has 0 radical (unpaired) electrons. The van der Waals surface area contributed by atoms with Crippen molar-refractivity contribution < 1.29 is 14.6 Å². The van der Waals surface area contributed by atoms with Gasteiger partial charge in [-0.1, -0.05) is 24.3 Å². The van der Waals surface area contributed by atoms with E-state index in [1.165, 1.54) is 19.8 Å². The highest BCUT2D eigenvalue weighted by Crippen LogP contribution is 2.36. The summed E-state index contributed by atoms with van der Waals surface area (Å²) in [6.45, 7) is 2.49. The van der Waals surface area contributed by atoms with E-state index in [1.807, 2.05) is 18.2 Å². The molecule has 94 valence electrons. The van der Waals surface area contributed by atoms with Crippen molar-refractivity contribution in [2.24, 2.45) is 0 Å². The Morgan fingerprint density at radius 2 is 2.00 bits per heavy atom. The number of hydrogen-bond donors (Lipinski definition) is 2. The van der Waals surface area contributed by atoms with Crippen LogP contribution < -0.4 is 5.32 Å². The minimum Gasteiger partial charge on any atom is -0.383 e. The fourth-order valence-corrected chi connectivity index (χ4v) is 2.53. The molecule has 0 bridgehead atoms. The molecule has 2 atom stereocenters. The Kier molecular flexibility index (Phi) is 3.49. The van der Waals surface area contributed by atoms with Crippen molar-refractivity contribution in [3.05, 3.63) is 35.4 Å². The molecule has 0 saturated carbocycles. The Bertz CT molecular complexity index is 388. The van der Waals surface area contributed by atoms with Gasteiger partial charge < -0.3 is 19.9 Å². The summed E-state index contributed by atoms with van der Waals surface area (Å²) in [5.74, 6) is 0. The molecule has 0 saturated heterocycles. The third-order valence-corrected chi connectivity index (χ3v) is 3.35. The summed E-state index contributed by atoms with van der Waals surface area (Å²) in [5, 5.41) is 13.9. The lowest BCUT2D eigenvalue weighted by Crippen LogP contribution is -2.50. The standard InChI is InChI=1S/C13H19NO3/c1-13(15,12(16-2)17-3)11-10-7-5-4-6-9(10)8-14-11/h4-7,11-12,14-15H,8H2,1-3H3. The minimum atomic E-state index is -1.11. The van der Waals surface area contributed by atoms with Crippen LogP contribution in [-0.4, -0.2) is 31.2 Å². The van der Waals surface area contributed by atoms with E-state index in [0.29, 0.717) is 0 Å². The van der Waals surface area contributed by atoms with E-state index >= 15 is 0 Å². The topological polar surface area (TPSA) is 50.7 Å². The molecule has 2 unspecified atom stereocenters. The van der Waals surface area contributed by atoms with Gasteiger partial charge in [-0.25, -0.2) is 0 Å². The molecular formula is C13H19NO3. The summed E-state index contributed by atoms with van der Waals surface area (Å²) in [6.07, 6.45) is -0.661. The summed E-state index contributed by atoms with van der Waals surface area (Å²) in [4.78, 5) is 0. The molecule has 4 nitrogen and oxygen atoms in total. The fraction of sp³-hybridized carbons (Fsp3) is 0.538. The maximum atomic E-state index is 10.6. The zero-order valence-corrected chi connectivity index (χ0v) is 10.4. The molecule has 2 rings (SSSR count). The molecule has 0 amide bonds. The summed E-state index contributed by atoms with van der Waals surface area (Å²) in [6, 6.07) is 7.89. The van der Waals surface area contributed by atoms with Crippen molar-refractivity contribution in [2.75, 3.05) is 14.2 Å². The smallest absolute Gasteiger partial charge is 0.187 e. The van der Waals surface area contributed by atoms with Crippen molar-refractivity contribution >= 4 is 0 Å². The monoisotopic (exact) mass is 237 g/mol. The van der Waals surface area contributed by atoms with E-state index < -0.39 is 11.9 Å². The summed E-state index contributed by atoms with van der Waals surface area (Å²) in [5.41, 5.74) is 1.20. The fourth-order valence-electron chi connectivity index (χ4n) is 2.53. The third kappa shape index (κ3) is 2.09. The predicted molar refractivity (Wildman–Crippen MR) is 64.5 cm³/mol. The molecule has 1 heterocycles. The Hall–Kier alpha value is -0.940. The van der Waals surface area contributed by atoms with Gasteiger partial charge in [0.2, 0.25) is 0 Å². The van der Waals surface area contributed by atoms with Crippen LogP contribution >= 0.6 is 0 Å². The lowest BCUT2D eigenvalue weighted by molar-refractivity contribution is -0.219. The van der Waals surface area contributed by atoms with Crippen molar-refractivity contribution in [3.8, 4) is 0 Å². The van der Waals surface area contributed by atoms with Crippen LogP contribution in [-0.2, 0) is 16.0 Å². The van der Waals surface area contributed by atoms with Crippen LogP contribution in [0.5, 0.6) is 0 Å². The summed E-state index contributed by atoms with van der Waals surface area (Å²) < 4.78 is 10.4. The largest absolute Gasteiger partial charge is 0.383 e. The van der Waals surface area contributed by atoms with E-state index in [2.05, 4.69) is 11.4 Å². The molecule has 1 aromatic rings. The number of ether oxygens (including phenoxy) is 2. The van der Waals surface area contributed by atoms with Crippen molar-refractivity contribution in [2.45, 2.75) is 31.4 Å². The lowest BCUT2D eigenvalue weighted by Gasteiger charge is -2.36. The highest BCUT2D eigenvalue weighted by molar-refractivity contribution is 5.35. The molecule has 1 aliphatic heterocycles. The maximum absolute atomic E-state index is 10.6. The van der Waals surface area contributed by atoms with Crippen LogP contribution in [0.4, 0.5) is 0 Å². The van der Waals surface area contributed by atoms with E-state index in [4.69, 9.17) is 9.47 Å². The van der Waals surface area contributed by atoms with Crippen LogP contribution in [0, 0.1) is 0 Å². The quantitative estimate of drug-likeness (QED) is 0.773. The number of benzene rings is 1. The molecule has 1 aliphatic rings. The lowest BCUT2D eigenvalue weighted by atomic mass is 9.90. The van der Waals surface area contributed by atoms with Gasteiger partial charge in [-0.15, -0.1) is 0 Å². The van der Waals surface area contributed by atoms with Crippen molar-refractivity contribution in [3.63, 3.8) is 0 Å². The van der Waals surface area contributed by atoms with E-state index in [9.17, 15) is 5.11 Å². The molecule has 0 aromatic heterocycles. The van der Waals surface area contributed by atoms with Gasteiger partial charge in [0.1, 0.15) is 5.60 Å². The van der Waals surface area contributed by atoms with Crippen LogP contribution in [0.3, 0.4) is 0 Å². The highest BCUT2D eigenvalue weighted by atomic mass is 16.7. The second-order valence-corrected chi connectivity index (χ2v) is 4.54. The molecule has 2 N–H and O–H groups in total. The highest BCUT2D eigenvalue weighted by Gasteiger charge is 2.44. The third-order valence-electron chi connectivity index (χ3n) is 3.35. The molecular weight excluding hydrogens is 218 g/mol. The average molecular weight is 237 g/mol. The molecule has 1 aromatic carbocycles. The van der Waals surface area contributed by atoms with Crippen LogP contribution in [0.15, 0.2) is 24.3 Å². The number of fused-ring (bicyclic) bond motifs is 1. The number of aliphatic hydroxyl groups is 1. The van der Waals surface area contributed by atoms with Gasteiger partial charge in [-0.05, 0) is 18.1 Å². The van der Waals surface area contributed by atoms with Gasteiger partial charge in [-0.2, -0.15) is 0 Å². The van der Waals surface area contributed by atoms with E-state index in [0.717, 1.165) is 12.1 Å². The van der Waals surface area contributed by atoms with Crippen molar-refractivity contribution in [1.82, 2.24) is 5.32 Å². The molecule has 17 heavy (non-hydrogen) atoms. The normalized spacial score (nSPS) is 22.5. The van der Waals surface area contributed by atoms with Crippen LogP contribution in [0.25, 0.3) is 0 Å². The first-order chi connectivity index (χ1) is 8.11. The van der Waals surface area contributed by atoms with Crippen LogP contribution in [0.2, 0.25) is 0 Å². The predicted octanol–water partition coefficient (Wildman–Crippen LogP) is 1.20. The van der Waals surface area contributed by atoms with Crippen LogP contribution in [0.1, 0.15) is 24.1 Å². The summed E-state index contributed by atoms with van der Waals surface area (Å²) in [7, 11) is 3.06. The zero-order valence-electron chi connectivity index (χ0n) is 10.4. The zero-order chi connectivity index (χ0) is 12.5. The number of hydrogen-bond acceptors (Lipinski definition) is 4. The number of methoxy groups -OCH3 is 2. The van der Waals surface area contributed by atoms with Gasteiger partial charge in [0, 0.05) is 20.8 Å². The molecule has 4 heteroatoms. The minimum absolute atomic E-state index is 0.177. The first-order valence-electron chi connectivity index (χ1n) is 5.70. The van der Waals surface area contributed by atoms with Gasteiger partial charge >= 0.3 is 0 Å². The molecule has 0 spiro atoms. The van der Waals surface area contributed by atoms with E-state index in [1.54, 1.807) is 6.92 Å². The second kappa shape index (κ2) is 4.74. The molecule has 0 aliphatic carbocycles. The first-order valence-corrected chi connectivity index (χ1v) is 5.70. The second-order valence-electron chi connectivity index (χ2n) is 4.54. The summed E-state index contributed by atoms with van der Waals surface area (Å²) >= 11 is 0. The molecule has 0 fully saturated rings. The number of nitrogens with one attached hydrogen (secondary N) is 1. The van der Waals surface area contributed by atoms with E-state index in [-0.39, 0.29) is 6.04 Å². The van der Waals surface area contributed by atoms with Gasteiger partial charge in [-0.3, -0.25) is 0 Å².